The van der Waals surface area contributed by atoms with E-state index in [9.17, 15) is 14.4 Å². The van der Waals surface area contributed by atoms with Crippen LogP contribution >= 0.6 is 11.8 Å². The lowest BCUT2D eigenvalue weighted by molar-refractivity contribution is -0.126. The molecule has 1 saturated heterocycles. The van der Waals surface area contributed by atoms with Crippen molar-refractivity contribution in [1.82, 2.24) is 10.2 Å². The lowest BCUT2D eigenvalue weighted by Gasteiger charge is -2.21. The van der Waals surface area contributed by atoms with Gasteiger partial charge in [-0.2, -0.15) is 0 Å². The maximum absolute atomic E-state index is 13.4. The van der Waals surface area contributed by atoms with Gasteiger partial charge in [-0.3, -0.25) is 19.4 Å². The summed E-state index contributed by atoms with van der Waals surface area (Å²) in [6.07, 6.45) is 1.77. The Bertz CT molecular complexity index is 1170. The van der Waals surface area contributed by atoms with Crippen molar-refractivity contribution in [3.8, 4) is 0 Å². The average molecular weight is 477 g/mol. The largest absolute Gasteiger partial charge is 0.336 e. The molecular formula is C26H28N4O3S. The van der Waals surface area contributed by atoms with Gasteiger partial charge >= 0.3 is 6.03 Å². The highest BCUT2D eigenvalue weighted by atomic mass is 32.2. The molecule has 176 valence electrons. The van der Waals surface area contributed by atoms with Gasteiger partial charge in [-0.25, -0.2) is 9.79 Å². The Balaban J connectivity index is 1.64. The number of imide groups is 1. The summed E-state index contributed by atoms with van der Waals surface area (Å²) in [4.78, 5) is 45.5. The minimum absolute atomic E-state index is 0.252. The summed E-state index contributed by atoms with van der Waals surface area (Å²) in [5, 5.41) is 2.47. The van der Waals surface area contributed by atoms with Gasteiger partial charge in [0.1, 0.15) is 5.70 Å². The van der Waals surface area contributed by atoms with Crippen LogP contribution < -0.4 is 10.2 Å². The van der Waals surface area contributed by atoms with E-state index in [1.165, 1.54) is 27.1 Å². The zero-order chi connectivity index (χ0) is 24.4. The fraction of sp³-hybridized carbons (Fsp3) is 0.308. The van der Waals surface area contributed by atoms with Gasteiger partial charge < -0.3 is 5.32 Å². The molecule has 2 heterocycles. The van der Waals surface area contributed by atoms with E-state index >= 15 is 0 Å². The van der Waals surface area contributed by atoms with E-state index in [0.717, 1.165) is 11.1 Å². The van der Waals surface area contributed by atoms with Gasteiger partial charge in [-0.05, 0) is 49.1 Å². The number of hydrogen-bond donors (Lipinski definition) is 1. The SMILES string of the molecule is Cc1ccc(N2C(=O)/C(=C/c3ccc(C(C)C)cc3)N=C2SC(C)C(=O)N2CCNC2=O)cc1. The molecule has 2 aromatic rings. The second kappa shape index (κ2) is 9.85. The molecule has 1 unspecified atom stereocenters. The lowest BCUT2D eigenvalue weighted by Crippen LogP contribution is -2.40. The number of benzene rings is 2. The molecule has 0 radical (unpaired) electrons. The topological polar surface area (TPSA) is 82.1 Å². The molecule has 0 saturated carbocycles. The number of amides is 4. The fourth-order valence-electron chi connectivity index (χ4n) is 3.74. The Morgan fingerprint density at radius 1 is 1.06 bits per heavy atom. The number of aryl methyl sites for hydroxylation is 1. The molecule has 0 spiro atoms. The summed E-state index contributed by atoms with van der Waals surface area (Å²) in [6, 6.07) is 15.3. The van der Waals surface area contributed by atoms with Crippen molar-refractivity contribution in [3.05, 3.63) is 70.9 Å². The van der Waals surface area contributed by atoms with Gasteiger partial charge in [-0.15, -0.1) is 0 Å². The van der Waals surface area contributed by atoms with Crippen LogP contribution in [0.25, 0.3) is 6.08 Å². The first kappa shape index (κ1) is 23.8. The maximum Gasteiger partial charge on any atom is 0.324 e. The van der Waals surface area contributed by atoms with Gasteiger partial charge in [-0.1, -0.05) is 67.6 Å². The summed E-state index contributed by atoms with van der Waals surface area (Å²) < 4.78 is 0. The van der Waals surface area contributed by atoms with E-state index in [2.05, 4.69) is 36.3 Å². The van der Waals surface area contributed by atoms with E-state index in [0.29, 0.717) is 35.6 Å². The second-order valence-electron chi connectivity index (χ2n) is 8.70. The van der Waals surface area contributed by atoms with Crippen LogP contribution in [0, 0.1) is 6.92 Å². The third-order valence-corrected chi connectivity index (χ3v) is 6.82. The van der Waals surface area contributed by atoms with E-state index < -0.39 is 5.25 Å². The van der Waals surface area contributed by atoms with Crippen molar-refractivity contribution in [2.24, 2.45) is 4.99 Å². The van der Waals surface area contributed by atoms with Crippen LogP contribution in [0.3, 0.4) is 0 Å². The van der Waals surface area contributed by atoms with E-state index in [4.69, 9.17) is 0 Å². The highest BCUT2D eigenvalue weighted by Gasteiger charge is 2.36. The predicted molar refractivity (Wildman–Crippen MR) is 137 cm³/mol. The van der Waals surface area contributed by atoms with Crippen LogP contribution in [0.5, 0.6) is 0 Å². The molecule has 1 atom stereocenters. The molecule has 0 aliphatic carbocycles. The van der Waals surface area contributed by atoms with Crippen molar-refractivity contribution in [1.29, 1.82) is 0 Å². The quantitative estimate of drug-likeness (QED) is 0.643. The molecule has 4 amide bonds. The average Bonchev–Trinajstić information content (AvgIpc) is 3.37. The van der Waals surface area contributed by atoms with E-state index in [1.54, 1.807) is 13.0 Å². The Morgan fingerprint density at radius 3 is 2.32 bits per heavy atom. The van der Waals surface area contributed by atoms with Crippen molar-refractivity contribution >= 4 is 46.5 Å². The summed E-state index contributed by atoms with van der Waals surface area (Å²) in [6.45, 7) is 8.76. The van der Waals surface area contributed by atoms with E-state index in [-0.39, 0.29) is 17.8 Å². The van der Waals surface area contributed by atoms with Gasteiger partial charge in [0.15, 0.2) is 5.17 Å². The first-order valence-corrected chi connectivity index (χ1v) is 12.2. The number of amidine groups is 1. The predicted octanol–water partition coefficient (Wildman–Crippen LogP) is 4.54. The minimum atomic E-state index is -0.590. The number of carbonyl (C=O) groups is 3. The number of anilines is 1. The summed E-state index contributed by atoms with van der Waals surface area (Å²) in [7, 11) is 0. The zero-order valence-corrected chi connectivity index (χ0v) is 20.6. The van der Waals surface area contributed by atoms with Crippen LogP contribution in [0.4, 0.5) is 10.5 Å². The summed E-state index contributed by atoms with van der Waals surface area (Å²) >= 11 is 1.18. The van der Waals surface area contributed by atoms with Gasteiger partial charge in [0.2, 0.25) is 5.91 Å². The number of urea groups is 1. The molecule has 2 aliphatic heterocycles. The van der Waals surface area contributed by atoms with Crippen LogP contribution in [0.15, 0.2) is 59.2 Å². The Hall–Kier alpha value is -3.39. The number of rotatable bonds is 5. The van der Waals surface area contributed by atoms with Gasteiger partial charge in [0, 0.05) is 13.1 Å². The molecule has 2 aliphatic rings. The van der Waals surface area contributed by atoms with Crippen molar-refractivity contribution in [3.63, 3.8) is 0 Å². The normalized spacial score (nSPS) is 18.0. The van der Waals surface area contributed by atoms with Crippen molar-refractivity contribution < 1.29 is 14.4 Å². The summed E-state index contributed by atoms with van der Waals surface area (Å²) in [5.74, 6) is -0.136. The third-order valence-electron chi connectivity index (χ3n) is 5.78. The van der Waals surface area contributed by atoms with Crippen molar-refractivity contribution in [2.75, 3.05) is 18.0 Å². The fourth-order valence-corrected chi connectivity index (χ4v) is 4.73. The van der Waals surface area contributed by atoms with Crippen LogP contribution in [0.2, 0.25) is 0 Å². The second-order valence-corrected chi connectivity index (χ2v) is 10.0. The van der Waals surface area contributed by atoms with Gasteiger partial charge in [0.25, 0.3) is 5.91 Å². The van der Waals surface area contributed by atoms with Gasteiger partial charge in [0.05, 0.1) is 10.9 Å². The first-order chi connectivity index (χ1) is 16.2. The van der Waals surface area contributed by atoms with Crippen LogP contribution in [-0.2, 0) is 9.59 Å². The maximum atomic E-state index is 13.4. The molecule has 8 heteroatoms. The molecule has 1 N–H and O–H groups in total. The highest BCUT2D eigenvalue weighted by Crippen LogP contribution is 2.32. The smallest absolute Gasteiger partial charge is 0.324 e. The lowest BCUT2D eigenvalue weighted by atomic mass is 10.0. The number of nitrogens with zero attached hydrogens (tertiary/aromatic N) is 3. The number of aliphatic imine (C=N–C) groups is 1. The molecule has 7 nitrogen and oxygen atoms in total. The minimum Gasteiger partial charge on any atom is -0.336 e. The third kappa shape index (κ3) is 4.92. The Morgan fingerprint density at radius 2 is 1.74 bits per heavy atom. The molecule has 2 aromatic carbocycles. The molecule has 0 aromatic heterocycles. The number of hydrogen-bond acceptors (Lipinski definition) is 5. The van der Waals surface area contributed by atoms with E-state index in [1.807, 2.05) is 43.3 Å². The molecule has 34 heavy (non-hydrogen) atoms. The molecule has 4 rings (SSSR count). The number of thioether (sulfide) groups is 1. The zero-order valence-electron chi connectivity index (χ0n) is 19.7. The Kier molecular flexibility index (Phi) is 6.88. The number of carbonyl (C=O) groups excluding carboxylic acids is 3. The molecule has 0 bridgehead atoms. The molecular weight excluding hydrogens is 448 g/mol. The highest BCUT2D eigenvalue weighted by molar-refractivity contribution is 8.15. The molecule has 1 fully saturated rings. The standard InChI is InChI=1S/C26H28N4O3S/c1-16(2)20-9-7-19(8-10-20)15-22-24(32)30(21-11-5-17(3)6-12-21)26(28-22)34-18(4)23(31)29-14-13-27-25(29)33/h5-12,15-16,18H,13-14H2,1-4H3,(H,27,33)/b22-15-. The Labute approximate surface area is 203 Å². The number of nitrogens with one attached hydrogen (secondary N) is 1. The van der Waals surface area contributed by atoms with Crippen LogP contribution in [-0.4, -0.2) is 46.3 Å². The monoisotopic (exact) mass is 476 g/mol. The summed E-state index contributed by atoms with van der Waals surface area (Å²) in [5.41, 5.74) is 4.16. The first-order valence-electron chi connectivity index (χ1n) is 11.3. The van der Waals surface area contributed by atoms with Crippen LogP contribution in [0.1, 0.15) is 43.4 Å². The van der Waals surface area contributed by atoms with Crippen molar-refractivity contribution in [2.45, 2.75) is 38.9 Å².